The minimum absolute atomic E-state index is 0.579. The number of thioether (sulfide) groups is 1. The van der Waals surface area contributed by atoms with Gasteiger partial charge in [-0.1, -0.05) is 36.0 Å². The molecule has 0 spiro atoms. The van der Waals surface area contributed by atoms with Gasteiger partial charge in [-0.3, -0.25) is 0 Å². The van der Waals surface area contributed by atoms with Gasteiger partial charge in [0.25, 0.3) is 0 Å². The van der Waals surface area contributed by atoms with Crippen molar-refractivity contribution in [3.8, 4) is 5.75 Å². The standard InChI is InChI=1S/C18H19N3OS2/c1-22-16-7-3-2-5-13(16)12-24-18-20-19-17(21(18)14-8-9-14)11-15-6-4-10-23-15/h2-7,10,14H,8-9,11-12H2,1H3. The van der Waals surface area contributed by atoms with E-state index in [0.717, 1.165) is 28.9 Å². The molecule has 1 aliphatic carbocycles. The van der Waals surface area contributed by atoms with Crippen LogP contribution in [0, 0.1) is 0 Å². The maximum atomic E-state index is 5.44. The highest BCUT2D eigenvalue weighted by atomic mass is 32.2. The van der Waals surface area contributed by atoms with Crippen LogP contribution in [0.5, 0.6) is 5.75 Å². The fraction of sp³-hybridized carbons (Fsp3) is 0.333. The minimum Gasteiger partial charge on any atom is -0.496 e. The van der Waals surface area contributed by atoms with Gasteiger partial charge < -0.3 is 9.30 Å². The molecule has 1 fully saturated rings. The third-order valence-electron chi connectivity index (χ3n) is 4.11. The fourth-order valence-corrected chi connectivity index (χ4v) is 4.48. The van der Waals surface area contributed by atoms with E-state index >= 15 is 0 Å². The average molecular weight is 358 g/mol. The molecule has 1 aliphatic rings. The van der Waals surface area contributed by atoms with Gasteiger partial charge >= 0.3 is 0 Å². The van der Waals surface area contributed by atoms with Gasteiger partial charge in [-0.25, -0.2) is 0 Å². The fourth-order valence-electron chi connectivity index (χ4n) is 2.76. The van der Waals surface area contributed by atoms with Crippen molar-refractivity contribution in [3.05, 3.63) is 58.0 Å². The Labute approximate surface area is 149 Å². The van der Waals surface area contributed by atoms with Crippen molar-refractivity contribution < 1.29 is 4.74 Å². The second kappa shape index (κ2) is 6.99. The first-order valence-corrected chi connectivity index (χ1v) is 9.92. The normalized spacial score (nSPS) is 14.0. The molecule has 1 saturated carbocycles. The van der Waals surface area contributed by atoms with Crippen LogP contribution in [-0.2, 0) is 12.2 Å². The Bertz CT molecular complexity index is 810. The van der Waals surface area contributed by atoms with E-state index in [1.807, 2.05) is 18.2 Å². The monoisotopic (exact) mass is 357 g/mol. The lowest BCUT2D eigenvalue weighted by Gasteiger charge is -2.10. The van der Waals surface area contributed by atoms with Crippen LogP contribution in [-0.4, -0.2) is 21.9 Å². The molecule has 3 aromatic rings. The summed E-state index contributed by atoms with van der Waals surface area (Å²) in [5.41, 5.74) is 1.19. The Morgan fingerprint density at radius 1 is 1.21 bits per heavy atom. The number of rotatable bonds is 7. The van der Waals surface area contributed by atoms with Gasteiger partial charge in [0.15, 0.2) is 5.16 Å². The average Bonchev–Trinajstić information content (AvgIpc) is 3.17. The predicted molar refractivity (Wildman–Crippen MR) is 98.0 cm³/mol. The smallest absolute Gasteiger partial charge is 0.191 e. The number of ether oxygens (including phenoxy) is 1. The lowest BCUT2D eigenvalue weighted by atomic mass is 10.2. The molecule has 1 aromatic carbocycles. The van der Waals surface area contributed by atoms with Crippen molar-refractivity contribution in [2.45, 2.75) is 36.2 Å². The Morgan fingerprint density at radius 2 is 2.08 bits per heavy atom. The van der Waals surface area contributed by atoms with Crippen LogP contribution in [0.4, 0.5) is 0 Å². The lowest BCUT2D eigenvalue weighted by molar-refractivity contribution is 0.411. The van der Waals surface area contributed by atoms with Crippen LogP contribution in [0.2, 0.25) is 0 Å². The number of nitrogens with zero attached hydrogens (tertiary/aromatic N) is 3. The van der Waals surface area contributed by atoms with Gasteiger partial charge in [0, 0.05) is 28.7 Å². The van der Waals surface area contributed by atoms with Crippen molar-refractivity contribution in [1.29, 1.82) is 0 Å². The lowest BCUT2D eigenvalue weighted by Crippen LogP contribution is -2.03. The number of methoxy groups -OCH3 is 1. The van der Waals surface area contributed by atoms with Crippen molar-refractivity contribution in [2.75, 3.05) is 7.11 Å². The predicted octanol–water partition coefficient (Wildman–Crippen LogP) is 4.57. The highest BCUT2D eigenvalue weighted by molar-refractivity contribution is 7.98. The Morgan fingerprint density at radius 3 is 2.83 bits per heavy atom. The summed E-state index contributed by atoms with van der Waals surface area (Å²) in [5.74, 6) is 2.86. The number of hydrogen-bond donors (Lipinski definition) is 0. The molecule has 0 radical (unpaired) electrons. The highest BCUT2D eigenvalue weighted by Crippen LogP contribution is 2.40. The quantitative estimate of drug-likeness (QED) is 0.581. The SMILES string of the molecule is COc1ccccc1CSc1nnc(Cc2cccs2)n1C1CC1. The minimum atomic E-state index is 0.579. The van der Waals surface area contributed by atoms with Crippen LogP contribution in [0.15, 0.2) is 46.9 Å². The van der Waals surface area contributed by atoms with Crippen LogP contribution in [0.3, 0.4) is 0 Å². The molecule has 24 heavy (non-hydrogen) atoms. The van der Waals surface area contributed by atoms with E-state index in [2.05, 4.69) is 38.3 Å². The van der Waals surface area contributed by atoms with Gasteiger partial charge in [-0.2, -0.15) is 0 Å². The number of hydrogen-bond acceptors (Lipinski definition) is 5. The molecule has 0 unspecified atom stereocenters. The molecular formula is C18H19N3OS2. The molecule has 4 rings (SSSR count). The number of aromatic nitrogens is 3. The zero-order valence-corrected chi connectivity index (χ0v) is 15.1. The summed E-state index contributed by atoms with van der Waals surface area (Å²) in [4.78, 5) is 1.34. The van der Waals surface area contributed by atoms with E-state index in [0.29, 0.717) is 6.04 Å². The van der Waals surface area contributed by atoms with Crippen molar-refractivity contribution in [1.82, 2.24) is 14.8 Å². The van der Waals surface area contributed by atoms with E-state index in [-0.39, 0.29) is 0 Å². The summed E-state index contributed by atoms with van der Waals surface area (Å²) in [6.07, 6.45) is 3.34. The number of para-hydroxylation sites is 1. The van der Waals surface area contributed by atoms with Crippen LogP contribution < -0.4 is 4.74 Å². The van der Waals surface area contributed by atoms with Crippen LogP contribution in [0.1, 0.15) is 35.1 Å². The van der Waals surface area contributed by atoms with Crippen molar-refractivity contribution in [2.24, 2.45) is 0 Å². The van der Waals surface area contributed by atoms with E-state index in [4.69, 9.17) is 4.74 Å². The maximum absolute atomic E-state index is 5.44. The van der Waals surface area contributed by atoms with E-state index in [1.165, 1.54) is 23.3 Å². The molecule has 0 bridgehead atoms. The van der Waals surface area contributed by atoms with Gasteiger partial charge in [-0.05, 0) is 30.4 Å². The van der Waals surface area contributed by atoms with E-state index in [1.54, 1.807) is 30.2 Å². The molecule has 0 amide bonds. The molecule has 0 saturated heterocycles. The first kappa shape index (κ1) is 15.7. The summed E-state index contributed by atoms with van der Waals surface area (Å²) in [7, 11) is 1.72. The maximum Gasteiger partial charge on any atom is 0.191 e. The molecule has 124 valence electrons. The summed E-state index contributed by atoms with van der Waals surface area (Å²) in [5, 5.41) is 12.1. The van der Waals surface area contributed by atoms with Crippen molar-refractivity contribution in [3.63, 3.8) is 0 Å². The third kappa shape index (κ3) is 3.35. The van der Waals surface area contributed by atoms with E-state index < -0.39 is 0 Å². The highest BCUT2D eigenvalue weighted by Gasteiger charge is 2.29. The zero-order chi connectivity index (χ0) is 16.4. The van der Waals surface area contributed by atoms with E-state index in [9.17, 15) is 0 Å². The Balaban J connectivity index is 1.54. The summed E-state index contributed by atoms with van der Waals surface area (Å²) in [6.45, 7) is 0. The first-order valence-electron chi connectivity index (χ1n) is 8.06. The molecule has 0 N–H and O–H groups in total. The topological polar surface area (TPSA) is 39.9 Å². The molecule has 0 aliphatic heterocycles. The molecule has 6 heteroatoms. The first-order chi connectivity index (χ1) is 11.8. The molecule has 2 heterocycles. The second-order valence-corrected chi connectivity index (χ2v) is 7.83. The number of benzene rings is 1. The van der Waals surface area contributed by atoms with Gasteiger partial charge in [0.05, 0.1) is 7.11 Å². The number of thiophene rings is 1. The third-order valence-corrected chi connectivity index (χ3v) is 5.98. The Kier molecular flexibility index (Phi) is 4.58. The van der Waals surface area contributed by atoms with Gasteiger partial charge in [0.1, 0.15) is 11.6 Å². The summed E-state index contributed by atoms with van der Waals surface area (Å²) >= 11 is 3.52. The van der Waals surface area contributed by atoms with Gasteiger partial charge in [-0.15, -0.1) is 21.5 Å². The molecule has 4 nitrogen and oxygen atoms in total. The summed E-state index contributed by atoms with van der Waals surface area (Å²) < 4.78 is 7.79. The second-order valence-electron chi connectivity index (χ2n) is 5.86. The van der Waals surface area contributed by atoms with Crippen LogP contribution >= 0.6 is 23.1 Å². The van der Waals surface area contributed by atoms with Gasteiger partial charge in [0.2, 0.25) is 0 Å². The van der Waals surface area contributed by atoms with Crippen molar-refractivity contribution >= 4 is 23.1 Å². The molecular weight excluding hydrogens is 338 g/mol. The molecule has 0 atom stereocenters. The zero-order valence-electron chi connectivity index (χ0n) is 13.5. The Hall–Kier alpha value is -1.79. The van der Waals surface area contributed by atoms with Crippen LogP contribution in [0.25, 0.3) is 0 Å². The summed E-state index contributed by atoms with van der Waals surface area (Å²) in [6, 6.07) is 13.0. The molecule has 2 aromatic heterocycles. The largest absolute Gasteiger partial charge is 0.496 e.